The van der Waals surface area contributed by atoms with Crippen LogP contribution < -0.4 is 11.1 Å². The van der Waals surface area contributed by atoms with E-state index in [1.807, 2.05) is 7.05 Å². The second kappa shape index (κ2) is 6.99. The maximum atomic E-state index is 5.39. The smallest absolute Gasteiger partial charge is 0.0452 e. The second-order valence-electron chi connectivity index (χ2n) is 2.47. The van der Waals surface area contributed by atoms with Crippen LogP contribution in [0, 0.1) is 0 Å². The molecule has 0 amide bonds. The number of hydrogen-bond donors (Lipinski definition) is 2. The Balaban J connectivity index is 2.89. The normalized spacial score (nSPS) is 10.8. The van der Waals surface area contributed by atoms with Gasteiger partial charge in [0.1, 0.15) is 0 Å². The molecule has 0 fully saturated rings. The van der Waals surface area contributed by atoms with Gasteiger partial charge in [-0.25, -0.2) is 0 Å². The van der Waals surface area contributed by atoms with E-state index in [0.29, 0.717) is 6.67 Å². The van der Waals surface area contributed by atoms with Crippen LogP contribution in [0.3, 0.4) is 0 Å². The zero-order valence-electron chi connectivity index (χ0n) is 7.06. The van der Waals surface area contributed by atoms with E-state index in [1.54, 1.807) is 0 Å². The van der Waals surface area contributed by atoms with Crippen LogP contribution in [-0.4, -0.2) is 38.3 Å². The van der Waals surface area contributed by atoms with E-state index < -0.39 is 0 Å². The molecule has 0 aliphatic heterocycles. The molecule has 3 nitrogen and oxygen atoms in total. The third kappa shape index (κ3) is 6.01. The molecular weight excluding hydrogens is 126 g/mol. The molecule has 0 bridgehead atoms. The average Bonchev–Trinajstić information content (AvgIpc) is 1.98. The largest absolute Gasteiger partial charge is 0.318 e. The first-order chi connectivity index (χ1) is 4.81. The van der Waals surface area contributed by atoms with Crippen molar-refractivity contribution < 1.29 is 0 Å². The number of rotatable bonds is 6. The minimum atomic E-state index is 0.659. The van der Waals surface area contributed by atoms with E-state index >= 15 is 0 Å². The molecule has 0 rings (SSSR count). The van der Waals surface area contributed by atoms with Gasteiger partial charge in [-0.1, -0.05) is 6.92 Å². The maximum absolute atomic E-state index is 5.39. The first-order valence-electron chi connectivity index (χ1n) is 3.90. The van der Waals surface area contributed by atoms with E-state index in [0.717, 1.165) is 19.6 Å². The molecule has 0 aromatic carbocycles. The number of nitrogens with zero attached hydrogens (tertiary/aromatic N) is 1. The van der Waals surface area contributed by atoms with Crippen LogP contribution in [0.1, 0.15) is 13.3 Å². The Morgan fingerprint density at radius 2 is 2.20 bits per heavy atom. The lowest BCUT2D eigenvalue weighted by atomic mass is 10.4. The van der Waals surface area contributed by atoms with Crippen molar-refractivity contribution in [3.63, 3.8) is 0 Å². The first kappa shape index (κ1) is 9.88. The summed E-state index contributed by atoms with van der Waals surface area (Å²) in [6, 6.07) is 0. The maximum Gasteiger partial charge on any atom is 0.0452 e. The molecule has 0 aliphatic rings. The summed E-state index contributed by atoms with van der Waals surface area (Å²) in [4.78, 5) is 2.11. The van der Waals surface area contributed by atoms with Crippen molar-refractivity contribution in [3.8, 4) is 0 Å². The Morgan fingerprint density at radius 3 is 2.70 bits per heavy atom. The molecule has 0 spiro atoms. The van der Waals surface area contributed by atoms with Gasteiger partial charge in [0, 0.05) is 13.2 Å². The summed E-state index contributed by atoms with van der Waals surface area (Å²) in [6.45, 7) is 6.02. The number of nitrogens with two attached hydrogens (primary N) is 1. The molecule has 62 valence electrons. The summed E-state index contributed by atoms with van der Waals surface area (Å²) in [5.74, 6) is 0. The van der Waals surface area contributed by atoms with Gasteiger partial charge < -0.3 is 11.1 Å². The summed E-state index contributed by atoms with van der Waals surface area (Å²) in [5.41, 5.74) is 5.39. The van der Waals surface area contributed by atoms with E-state index in [9.17, 15) is 0 Å². The van der Waals surface area contributed by atoms with Crippen LogP contribution in [-0.2, 0) is 0 Å². The van der Waals surface area contributed by atoms with Crippen molar-refractivity contribution in [3.05, 3.63) is 0 Å². The van der Waals surface area contributed by atoms with Crippen LogP contribution in [0.5, 0.6) is 0 Å². The summed E-state index contributed by atoms with van der Waals surface area (Å²) >= 11 is 0. The Hall–Kier alpha value is -0.120. The molecule has 3 heteroatoms. The fourth-order valence-electron chi connectivity index (χ4n) is 0.742. The lowest BCUT2D eigenvalue weighted by Crippen LogP contribution is -2.28. The summed E-state index contributed by atoms with van der Waals surface area (Å²) in [6.07, 6.45) is 1.18. The van der Waals surface area contributed by atoms with Gasteiger partial charge in [0.25, 0.3) is 0 Å². The van der Waals surface area contributed by atoms with Gasteiger partial charge in [0.15, 0.2) is 0 Å². The molecule has 0 aromatic heterocycles. The fourth-order valence-corrected chi connectivity index (χ4v) is 0.742. The van der Waals surface area contributed by atoms with Crippen molar-refractivity contribution in [1.82, 2.24) is 10.2 Å². The molecule has 10 heavy (non-hydrogen) atoms. The number of hydrogen-bond acceptors (Lipinski definition) is 3. The zero-order valence-corrected chi connectivity index (χ0v) is 7.06. The lowest BCUT2D eigenvalue weighted by Gasteiger charge is -2.12. The van der Waals surface area contributed by atoms with Gasteiger partial charge in [-0.3, -0.25) is 4.90 Å². The Labute approximate surface area is 63.6 Å². The predicted octanol–water partition coefficient (Wildman–Crippen LogP) is -0.166. The van der Waals surface area contributed by atoms with Crippen LogP contribution in [0.2, 0.25) is 0 Å². The first-order valence-corrected chi connectivity index (χ1v) is 3.90. The summed E-state index contributed by atoms with van der Waals surface area (Å²) in [7, 11) is 2.03. The monoisotopic (exact) mass is 145 g/mol. The Morgan fingerprint density at radius 1 is 1.50 bits per heavy atom. The highest BCUT2D eigenvalue weighted by Gasteiger charge is 1.91. The molecule has 0 unspecified atom stereocenters. The van der Waals surface area contributed by atoms with Gasteiger partial charge in [0.05, 0.1) is 0 Å². The predicted molar refractivity (Wildman–Crippen MR) is 44.8 cm³/mol. The molecular formula is C7H19N3. The van der Waals surface area contributed by atoms with Crippen LogP contribution in [0.25, 0.3) is 0 Å². The third-order valence-corrected chi connectivity index (χ3v) is 1.46. The lowest BCUT2D eigenvalue weighted by molar-refractivity contribution is 0.337. The van der Waals surface area contributed by atoms with E-state index in [1.165, 1.54) is 6.42 Å². The van der Waals surface area contributed by atoms with Crippen molar-refractivity contribution in [2.24, 2.45) is 5.73 Å². The van der Waals surface area contributed by atoms with E-state index in [-0.39, 0.29) is 0 Å². The van der Waals surface area contributed by atoms with Crippen molar-refractivity contribution in [2.75, 3.05) is 33.4 Å². The second-order valence-corrected chi connectivity index (χ2v) is 2.47. The average molecular weight is 145 g/mol. The highest BCUT2D eigenvalue weighted by atomic mass is 15.1. The summed E-state index contributed by atoms with van der Waals surface area (Å²) in [5, 5.41) is 3.26. The topological polar surface area (TPSA) is 41.3 Å². The van der Waals surface area contributed by atoms with E-state index in [4.69, 9.17) is 5.73 Å². The fraction of sp³-hybridized carbons (Fsp3) is 1.00. The minimum absolute atomic E-state index is 0.659. The van der Waals surface area contributed by atoms with Crippen molar-refractivity contribution in [2.45, 2.75) is 13.3 Å². The zero-order chi connectivity index (χ0) is 7.82. The molecule has 0 radical (unpaired) electrons. The minimum Gasteiger partial charge on any atom is -0.318 e. The molecule has 0 heterocycles. The van der Waals surface area contributed by atoms with Crippen molar-refractivity contribution in [1.29, 1.82) is 0 Å². The molecule has 3 N–H and O–H groups in total. The SMILES string of the molecule is CCNCCCN(C)CN. The summed E-state index contributed by atoms with van der Waals surface area (Å²) < 4.78 is 0. The molecule has 0 aromatic rings. The molecule has 0 saturated carbocycles. The van der Waals surface area contributed by atoms with Gasteiger partial charge in [-0.15, -0.1) is 0 Å². The van der Waals surface area contributed by atoms with E-state index in [2.05, 4.69) is 17.1 Å². The van der Waals surface area contributed by atoms with Gasteiger partial charge in [0.2, 0.25) is 0 Å². The van der Waals surface area contributed by atoms with Gasteiger partial charge >= 0.3 is 0 Å². The van der Waals surface area contributed by atoms with Crippen LogP contribution >= 0.6 is 0 Å². The van der Waals surface area contributed by atoms with Crippen LogP contribution in [0.4, 0.5) is 0 Å². The van der Waals surface area contributed by atoms with Crippen molar-refractivity contribution >= 4 is 0 Å². The number of nitrogens with one attached hydrogen (secondary N) is 1. The highest BCUT2D eigenvalue weighted by Crippen LogP contribution is 1.81. The molecule has 0 atom stereocenters. The Bertz CT molecular complexity index is 65.9. The van der Waals surface area contributed by atoms with Crippen LogP contribution in [0.15, 0.2) is 0 Å². The van der Waals surface area contributed by atoms with Gasteiger partial charge in [-0.2, -0.15) is 0 Å². The Kier molecular flexibility index (Phi) is 6.91. The quantitative estimate of drug-likeness (QED) is 0.403. The standard InChI is InChI=1S/C7H19N3/c1-3-9-5-4-6-10(2)7-8/h9H,3-8H2,1-2H3. The molecule has 0 saturated heterocycles. The molecule has 0 aliphatic carbocycles. The highest BCUT2D eigenvalue weighted by molar-refractivity contribution is 4.49. The third-order valence-electron chi connectivity index (χ3n) is 1.46. The van der Waals surface area contributed by atoms with Gasteiger partial charge in [-0.05, 0) is 26.6 Å².